The molecule has 1 aliphatic heterocycles. The number of aromatic nitrogens is 1. The van der Waals surface area contributed by atoms with Gasteiger partial charge < -0.3 is 9.64 Å². The average molecular weight is 357 g/mol. The van der Waals surface area contributed by atoms with Gasteiger partial charge in [0.2, 0.25) is 5.91 Å². The van der Waals surface area contributed by atoms with Crippen LogP contribution in [0.25, 0.3) is 6.08 Å². The van der Waals surface area contributed by atoms with Crippen LogP contribution in [-0.4, -0.2) is 48.0 Å². The van der Waals surface area contributed by atoms with E-state index in [0.29, 0.717) is 42.0 Å². The van der Waals surface area contributed by atoms with Crippen molar-refractivity contribution in [2.75, 3.05) is 31.6 Å². The summed E-state index contributed by atoms with van der Waals surface area (Å²) >= 11 is 1.20. The zero-order valence-corrected chi connectivity index (χ0v) is 14.7. The molecule has 25 heavy (non-hydrogen) atoms. The van der Waals surface area contributed by atoms with Gasteiger partial charge in [0, 0.05) is 19.2 Å². The number of carbonyl (C=O) groups is 2. The Balaban J connectivity index is 1.64. The molecule has 7 heteroatoms. The van der Waals surface area contributed by atoms with E-state index in [1.165, 1.54) is 17.4 Å². The van der Waals surface area contributed by atoms with Crippen LogP contribution in [0.15, 0.2) is 36.4 Å². The summed E-state index contributed by atoms with van der Waals surface area (Å²) in [6.45, 7) is 4.05. The van der Waals surface area contributed by atoms with E-state index in [9.17, 15) is 9.59 Å². The number of hydrogen-bond acceptors (Lipinski definition) is 5. The fraction of sp³-hybridized carbons (Fsp3) is 0.278. The third-order valence-electron chi connectivity index (χ3n) is 3.75. The summed E-state index contributed by atoms with van der Waals surface area (Å²) in [6, 6.07) is 9.56. The lowest BCUT2D eigenvalue weighted by atomic mass is 10.2. The Bertz CT molecular complexity index is 780. The van der Waals surface area contributed by atoms with E-state index in [0.717, 1.165) is 5.56 Å². The minimum atomic E-state index is -0.275. The summed E-state index contributed by atoms with van der Waals surface area (Å²) in [5, 5.41) is 3.15. The molecule has 0 saturated carbocycles. The Labute approximate surface area is 150 Å². The summed E-state index contributed by atoms with van der Waals surface area (Å²) in [4.78, 5) is 31.2. The molecule has 2 aromatic rings. The number of benzene rings is 1. The third kappa shape index (κ3) is 4.52. The van der Waals surface area contributed by atoms with Gasteiger partial charge in [-0.25, -0.2) is 4.98 Å². The van der Waals surface area contributed by atoms with E-state index < -0.39 is 0 Å². The number of anilines is 1. The number of ether oxygens (including phenoxy) is 1. The van der Waals surface area contributed by atoms with Crippen LogP contribution >= 0.6 is 11.3 Å². The van der Waals surface area contributed by atoms with E-state index >= 15 is 0 Å². The molecule has 2 amide bonds. The molecule has 130 valence electrons. The standard InChI is InChI=1S/C18H19N3O3S/c1-13-16(17(23)21-9-11-24-12-10-21)25-18(19-13)20-15(22)8-7-14-5-3-2-4-6-14/h2-8H,9-12H2,1H3,(H,19,20,22)/b8-7+. The maximum atomic E-state index is 12.5. The maximum Gasteiger partial charge on any atom is 0.266 e. The van der Waals surface area contributed by atoms with Crippen molar-refractivity contribution in [3.63, 3.8) is 0 Å². The van der Waals surface area contributed by atoms with Gasteiger partial charge >= 0.3 is 0 Å². The molecule has 0 aliphatic carbocycles. The Morgan fingerprint density at radius 1 is 1.24 bits per heavy atom. The van der Waals surface area contributed by atoms with Crippen LogP contribution in [0, 0.1) is 6.92 Å². The second kappa shape index (κ2) is 8.04. The van der Waals surface area contributed by atoms with Gasteiger partial charge in [-0.3, -0.25) is 14.9 Å². The van der Waals surface area contributed by atoms with E-state index in [4.69, 9.17) is 4.74 Å². The quantitative estimate of drug-likeness (QED) is 0.854. The highest BCUT2D eigenvalue weighted by molar-refractivity contribution is 7.17. The zero-order valence-electron chi connectivity index (χ0n) is 13.9. The topological polar surface area (TPSA) is 71.5 Å². The first kappa shape index (κ1) is 17.3. The number of amides is 2. The van der Waals surface area contributed by atoms with Crippen molar-refractivity contribution >= 4 is 34.4 Å². The molecular formula is C18H19N3O3S. The molecule has 2 heterocycles. The molecule has 6 nitrogen and oxygen atoms in total. The van der Waals surface area contributed by atoms with Crippen LogP contribution in [0.4, 0.5) is 5.13 Å². The largest absolute Gasteiger partial charge is 0.378 e. The Morgan fingerprint density at radius 2 is 1.96 bits per heavy atom. The summed E-state index contributed by atoms with van der Waals surface area (Å²) in [5.41, 5.74) is 1.57. The molecule has 0 atom stereocenters. The van der Waals surface area contributed by atoms with Crippen LogP contribution in [0.3, 0.4) is 0 Å². The zero-order chi connectivity index (χ0) is 17.6. The van der Waals surface area contributed by atoms with Gasteiger partial charge in [-0.15, -0.1) is 0 Å². The predicted molar refractivity (Wildman–Crippen MR) is 97.7 cm³/mol. The fourth-order valence-electron chi connectivity index (χ4n) is 2.44. The van der Waals surface area contributed by atoms with Gasteiger partial charge in [0.1, 0.15) is 4.88 Å². The summed E-state index contributed by atoms with van der Waals surface area (Å²) < 4.78 is 5.27. The first-order chi connectivity index (χ1) is 12.1. The number of morpholine rings is 1. The number of nitrogens with one attached hydrogen (secondary N) is 1. The van der Waals surface area contributed by atoms with Crippen molar-refractivity contribution in [1.29, 1.82) is 0 Å². The smallest absolute Gasteiger partial charge is 0.266 e. The highest BCUT2D eigenvalue weighted by Crippen LogP contribution is 2.24. The molecule has 1 saturated heterocycles. The van der Waals surface area contributed by atoms with Gasteiger partial charge in [-0.2, -0.15) is 0 Å². The van der Waals surface area contributed by atoms with Crippen LogP contribution in [0.2, 0.25) is 0 Å². The molecule has 1 aromatic carbocycles. The fourth-order valence-corrected chi connectivity index (χ4v) is 3.38. The van der Waals surface area contributed by atoms with Crippen molar-refractivity contribution in [3.05, 3.63) is 52.5 Å². The van der Waals surface area contributed by atoms with Gasteiger partial charge in [0.15, 0.2) is 5.13 Å². The second-order valence-electron chi connectivity index (χ2n) is 5.57. The minimum absolute atomic E-state index is 0.0568. The van der Waals surface area contributed by atoms with E-state index in [1.807, 2.05) is 30.3 Å². The molecule has 1 N–H and O–H groups in total. The van der Waals surface area contributed by atoms with Gasteiger partial charge in [0.25, 0.3) is 5.91 Å². The van der Waals surface area contributed by atoms with Gasteiger partial charge in [0.05, 0.1) is 18.9 Å². The van der Waals surface area contributed by atoms with Gasteiger partial charge in [-0.1, -0.05) is 41.7 Å². The monoisotopic (exact) mass is 357 g/mol. The molecule has 3 rings (SSSR count). The summed E-state index contributed by atoms with van der Waals surface area (Å²) in [5.74, 6) is -0.332. The van der Waals surface area contributed by atoms with Crippen molar-refractivity contribution < 1.29 is 14.3 Å². The van der Waals surface area contributed by atoms with E-state index in [-0.39, 0.29) is 11.8 Å². The number of carbonyl (C=O) groups excluding carboxylic acids is 2. The number of rotatable bonds is 4. The number of hydrogen-bond donors (Lipinski definition) is 1. The van der Waals surface area contributed by atoms with Crippen LogP contribution in [-0.2, 0) is 9.53 Å². The molecule has 1 fully saturated rings. The average Bonchev–Trinajstić information content (AvgIpc) is 3.01. The summed E-state index contributed by atoms with van der Waals surface area (Å²) in [6.07, 6.45) is 3.19. The minimum Gasteiger partial charge on any atom is -0.378 e. The molecule has 0 radical (unpaired) electrons. The van der Waals surface area contributed by atoms with Crippen molar-refractivity contribution in [2.24, 2.45) is 0 Å². The van der Waals surface area contributed by atoms with Gasteiger partial charge in [-0.05, 0) is 18.6 Å². The number of thiazole rings is 1. The molecule has 0 unspecified atom stereocenters. The predicted octanol–water partition coefficient (Wildman–Crippen LogP) is 2.58. The van der Waals surface area contributed by atoms with Crippen molar-refractivity contribution in [2.45, 2.75) is 6.92 Å². The number of nitrogens with zero attached hydrogens (tertiary/aromatic N) is 2. The van der Waals surface area contributed by atoms with Crippen molar-refractivity contribution in [1.82, 2.24) is 9.88 Å². The molecule has 1 aromatic heterocycles. The molecule has 1 aliphatic rings. The second-order valence-corrected chi connectivity index (χ2v) is 6.57. The third-order valence-corrected chi connectivity index (χ3v) is 4.81. The lowest BCUT2D eigenvalue weighted by Gasteiger charge is -2.26. The Morgan fingerprint density at radius 3 is 2.68 bits per heavy atom. The lowest BCUT2D eigenvalue weighted by molar-refractivity contribution is -0.111. The Hall–Kier alpha value is -2.51. The lowest BCUT2D eigenvalue weighted by Crippen LogP contribution is -2.40. The first-order valence-corrected chi connectivity index (χ1v) is 8.83. The Kier molecular flexibility index (Phi) is 5.57. The highest BCUT2D eigenvalue weighted by Gasteiger charge is 2.23. The molecule has 0 bridgehead atoms. The van der Waals surface area contributed by atoms with E-state index in [2.05, 4.69) is 10.3 Å². The van der Waals surface area contributed by atoms with Crippen LogP contribution < -0.4 is 5.32 Å². The number of aryl methyl sites for hydroxylation is 1. The highest BCUT2D eigenvalue weighted by atomic mass is 32.1. The maximum absolute atomic E-state index is 12.5. The first-order valence-electron chi connectivity index (χ1n) is 8.02. The molecule has 0 spiro atoms. The van der Waals surface area contributed by atoms with Crippen LogP contribution in [0.1, 0.15) is 20.9 Å². The van der Waals surface area contributed by atoms with Crippen LogP contribution in [0.5, 0.6) is 0 Å². The van der Waals surface area contributed by atoms with E-state index in [1.54, 1.807) is 17.9 Å². The van der Waals surface area contributed by atoms with Crippen molar-refractivity contribution in [3.8, 4) is 0 Å². The SMILES string of the molecule is Cc1nc(NC(=O)/C=C/c2ccccc2)sc1C(=O)N1CCOCC1. The summed E-state index contributed by atoms with van der Waals surface area (Å²) in [7, 11) is 0. The normalized spacial score (nSPS) is 14.7. The molecular weight excluding hydrogens is 338 g/mol.